The molecule has 4 unspecified atom stereocenters. The van der Waals surface area contributed by atoms with Gasteiger partial charge in [0.2, 0.25) is 0 Å². The molecule has 2 aliphatic rings. The first-order chi connectivity index (χ1) is 10.2. The maximum absolute atomic E-state index is 12.8. The Kier molecular flexibility index (Phi) is 4.27. The second-order valence-corrected chi connectivity index (χ2v) is 6.29. The standard InChI is InChI=1S/C17H24N2O2/c1-21-16(12-6-3-2-4-7-12)17(20)19-10-13-8-5-9-15(18)14(13)11-19/h2-4,6-7,13-16H,5,8-11,18H2,1H3. The number of nitrogens with two attached hydrogens (primary N) is 1. The molecule has 4 nitrogen and oxygen atoms in total. The van der Waals surface area contributed by atoms with Crippen LogP contribution < -0.4 is 5.73 Å². The summed E-state index contributed by atoms with van der Waals surface area (Å²) in [5, 5.41) is 0. The molecule has 4 atom stereocenters. The predicted octanol–water partition coefficient (Wildman–Crippen LogP) is 1.96. The maximum Gasteiger partial charge on any atom is 0.256 e. The molecule has 4 heteroatoms. The fraction of sp³-hybridized carbons (Fsp3) is 0.588. The van der Waals surface area contributed by atoms with Crippen LogP contribution in [-0.2, 0) is 9.53 Å². The van der Waals surface area contributed by atoms with Crippen LogP contribution in [0.3, 0.4) is 0 Å². The summed E-state index contributed by atoms with van der Waals surface area (Å²) in [4.78, 5) is 14.7. The van der Waals surface area contributed by atoms with Crippen molar-refractivity contribution in [2.45, 2.75) is 31.4 Å². The van der Waals surface area contributed by atoms with Crippen molar-refractivity contribution in [2.24, 2.45) is 17.6 Å². The Hall–Kier alpha value is -1.39. The van der Waals surface area contributed by atoms with Crippen LogP contribution in [0, 0.1) is 11.8 Å². The van der Waals surface area contributed by atoms with Crippen molar-refractivity contribution in [1.82, 2.24) is 4.90 Å². The first-order valence-electron chi connectivity index (χ1n) is 7.83. The number of hydrogen-bond donors (Lipinski definition) is 1. The van der Waals surface area contributed by atoms with Crippen LogP contribution in [0.1, 0.15) is 30.9 Å². The van der Waals surface area contributed by atoms with Gasteiger partial charge in [-0.25, -0.2) is 0 Å². The summed E-state index contributed by atoms with van der Waals surface area (Å²) >= 11 is 0. The van der Waals surface area contributed by atoms with E-state index < -0.39 is 6.10 Å². The fourth-order valence-corrected chi connectivity index (χ4v) is 3.87. The largest absolute Gasteiger partial charge is 0.367 e. The van der Waals surface area contributed by atoms with Crippen LogP contribution in [0.2, 0.25) is 0 Å². The van der Waals surface area contributed by atoms with E-state index in [1.54, 1.807) is 7.11 Å². The predicted molar refractivity (Wildman–Crippen MR) is 81.6 cm³/mol. The van der Waals surface area contributed by atoms with E-state index in [1.165, 1.54) is 12.8 Å². The Balaban J connectivity index is 1.73. The summed E-state index contributed by atoms with van der Waals surface area (Å²) in [5.41, 5.74) is 7.15. The number of rotatable bonds is 3. The van der Waals surface area contributed by atoms with Gasteiger partial charge < -0.3 is 15.4 Å². The third-order valence-electron chi connectivity index (χ3n) is 5.03. The van der Waals surface area contributed by atoms with Gasteiger partial charge in [-0.15, -0.1) is 0 Å². The molecular weight excluding hydrogens is 264 g/mol. The Morgan fingerprint density at radius 2 is 2.05 bits per heavy atom. The first-order valence-corrected chi connectivity index (χ1v) is 7.83. The zero-order valence-corrected chi connectivity index (χ0v) is 12.6. The molecule has 0 bridgehead atoms. The molecular formula is C17H24N2O2. The Morgan fingerprint density at radius 1 is 1.29 bits per heavy atom. The number of amides is 1. The minimum absolute atomic E-state index is 0.0744. The smallest absolute Gasteiger partial charge is 0.256 e. The van der Waals surface area contributed by atoms with Crippen molar-refractivity contribution in [3.05, 3.63) is 35.9 Å². The van der Waals surface area contributed by atoms with E-state index in [0.29, 0.717) is 11.8 Å². The molecule has 1 aliphatic heterocycles. The SMILES string of the molecule is COC(C(=O)N1CC2CCCC(N)C2C1)c1ccccc1. The van der Waals surface area contributed by atoms with Gasteiger partial charge in [0, 0.05) is 26.2 Å². The van der Waals surface area contributed by atoms with E-state index in [0.717, 1.165) is 25.1 Å². The number of nitrogens with zero attached hydrogens (tertiary/aromatic N) is 1. The quantitative estimate of drug-likeness (QED) is 0.925. The number of carbonyl (C=O) groups is 1. The van der Waals surface area contributed by atoms with Gasteiger partial charge in [-0.1, -0.05) is 36.8 Å². The normalized spacial score (nSPS) is 30.0. The van der Waals surface area contributed by atoms with E-state index in [2.05, 4.69) is 0 Å². The minimum Gasteiger partial charge on any atom is -0.367 e. The molecule has 21 heavy (non-hydrogen) atoms. The zero-order valence-electron chi connectivity index (χ0n) is 12.6. The Morgan fingerprint density at radius 3 is 2.71 bits per heavy atom. The summed E-state index contributed by atoms with van der Waals surface area (Å²) < 4.78 is 5.47. The number of likely N-dealkylation sites (tertiary alicyclic amines) is 1. The van der Waals surface area contributed by atoms with Crippen LogP contribution in [0.5, 0.6) is 0 Å². The lowest BCUT2D eigenvalue weighted by Gasteiger charge is -2.29. The summed E-state index contributed by atoms with van der Waals surface area (Å²) in [6.07, 6.45) is 2.99. The van der Waals surface area contributed by atoms with Crippen molar-refractivity contribution < 1.29 is 9.53 Å². The number of ether oxygens (including phenoxy) is 1. The number of fused-ring (bicyclic) bond motifs is 1. The number of benzene rings is 1. The van der Waals surface area contributed by atoms with Gasteiger partial charge in [0.25, 0.3) is 5.91 Å². The third kappa shape index (κ3) is 2.83. The summed E-state index contributed by atoms with van der Waals surface area (Å²) in [5.74, 6) is 1.12. The van der Waals surface area contributed by atoms with Gasteiger partial charge in [-0.05, 0) is 30.2 Å². The summed E-state index contributed by atoms with van der Waals surface area (Å²) in [6, 6.07) is 9.97. The number of methoxy groups -OCH3 is 1. The third-order valence-corrected chi connectivity index (χ3v) is 5.03. The molecule has 1 heterocycles. The topological polar surface area (TPSA) is 55.6 Å². The lowest BCUT2D eigenvalue weighted by molar-refractivity contribution is -0.141. The van der Waals surface area contributed by atoms with Crippen LogP contribution in [0.25, 0.3) is 0 Å². The fourth-order valence-electron chi connectivity index (χ4n) is 3.87. The lowest BCUT2D eigenvalue weighted by Crippen LogP contribution is -2.39. The van der Waals surface area contributed by atoms with Gasteiger partial charge in [0.1, 0.15) is 0 Å². The van der Waals surface area contributed by atoms with E-state index in [9.17, 15) is 4.79 Å². The molecule has 1 aromatic rings. The Bertz CT molecular complexity index is 491. The highest BCUT2D eigenvalue weighted by molar-refractivity contribution is 5.82. The number of carbonyl (C=O) groups excluding carboxylic acids is 1. The highest BCUT2D eigenvalue weighted by atomic mass is 16.5. The summed E-state index contributed by atoms with van der Waals surface area (Å²) in [6.45, 7) is 1.63. The van der Waals surface area contributed by atoms with Gasteiger partial charge in [-0.3, -0.25) is 4.79 Å². The van der Waals surface area contributed by atoms with Crippen molar-refractivity contribution in [2.75, 3.05) is 20.2 Å². The van der Waals surface area contributed by atoms with Gasteiger partial charge in [0.05, 0.1) is 0 Å². The van der Waals surface area contributed by atoms with Crippen LogP contribution in [0.4, 0.5) is 0 Å². The highest BCUT2D eigenvalue weighted by Crippen LogP contribution is 2.36. The molecule has 1 aromatic carbocycles. The molecule has 3 rings (SSSR count). The molecule has 0 radical (unpaired) electrons. The average molecular weight is 288 g/mol. The highest BCUT2D eigenvalue weighted by Gasteiger charge is 2.41. The van der Waals surface area contributed by atoms with E-state index >= 15 is 0 Å². The molecule has 0 aromatic heterocycles. The summed E-state index contributed by atoms with van der Waals surface area (Å²) in [7, 11) is 1.60. The minimum atomic E-state index is -0.498. The van der Waals surface area contributed by atoms with Crippen LogP contribution >= 0.6 is 0 Å². The van der Waals surface area contributed by atoms with Crippen molar-refractivity contribution >= 4 is 5.91 Å². The second-order valence-electron chi connectivity index (χ2n) is 6.29. The maximum atomic E-state index is 12.8. The monoisotopic (exact) mass is 288 g/mol. The molecule has 114 valence electrons. The first kappa shape index (κ1) is 14.5. The van der Waals surface area contributed by atoms with E-state index in [-0.39, 0.29) is 11.9 Å². The van der Waals surface area contributed by atoms with E-state index in [4.69, 9.17) is 10.5 Å². The van der Waals surface area contributed by atoms with Crippen LogP contribution in [0.15, 0.2) is 30.3 Å². The van der Waals surface area contributed by atoms with Crippen molar-refractivity contribution in [1.29, 1.82) is 0 Å². The molecule has 1 amide bonds. The molecule has 1 aliphatic carbocycles. The molecule has 2 fully saturated rings. The number of hydrogen-bond acceptors (Lipinski definition) is 3. The Labute approximate surface area is 126 Å². The van der Waals surface area contributed by atoms with Gasteiger partial charge in [0.15, 0.2) is 6.10 Å². The van der Waals surface area contributed by atoms with E-state index in [1.807, 2.05) is 35.2 Å². The molecule has 1 saturated carbocycles. The van der Waals surface area contributed by atoms with Gasteiger partial charge >= 0.3 is 0 Å². The van der Waals surface area contributed by atoms with Crippen molar-refractivity contribution in [3.63, 3.8) is 0 Å². The molecule has 0 spiro atoms. The second kappa shape index (κ2) is 6.16. The van der Waals surface area contributed by atoms with Crippen LogP contribution in [-0.4, -0.2) is 37.0 Å². The van der Waals surface area contributed by atoms with Gasteiger partial charge in [-0.2, -0.15) is 0 Å². The zero-order chi connectivity index (χ0) is 14.8. The molecule has 1 saturated heterocycles. The lowest BCUT2D eigenvalue weighted by atomic mass is 9.78. The van der Waals surface area contributed by atoms with Crippen molar-refractivity contribution in [3.8, 4) is 0 Å². The average Bonchev–Trinajstić information content (AvgIpc) is 2.95. The molecule has 2 N–H and O–H groups in total.